The third-order valence-electron chi connectivity index (χ3n) is 6.88. The first-order chi connectivity index (χ1) is 17.3. The maximum absolute atomic E-state index is 13.6. The lowest BCUT2D eigenvalue weighted by Crippen LogP contribution is -2.48. The van der Waals surface area contributed by atoms with Gasteiger partial charge >= 0.3 is 0 Å². The van der Waals surface area contributed by atoms with Crippen LogP contribution in [0.2, 0.25) is 0 Å². The number of benzene rings is 2. The number of halogens is 1. The van der Waals surface area contributed by atoms with E-state index < -0.39 is 0 Å². The van der Waals surface area contributed by atoms with Crippen LogP contribution in [0.1, 0.15) is 46.0 Å². The molecule has 1 aliphatic heterocycles. The van der Waals surface area contributed by atoms with Crippen LogP contribution in [-0.4, -0.2) is 67.4 Å². The molecule has 0 unspecified atom stereocenters. The number of amides is 2. The Kier molecular flexibility index (Phi) is 8.01. The number of hydrogen-bond donors (Lipinski definition) is 2. The van der Waals surface area contributed by atoms with E-state index >= 15 is 0 Å². The van der Waals surface area contributed by atoms with Gasteiger partial charge in [-0.25, -0.2) is 9.40 Å². The average Bonchev–Trinajstić information content (AvgIpc) is 3.43. The van der Waals surface area contributed by atoms with Gasteiger partial charge in [0.15, 0.2) is 5.78 Å². The highest BCUT2D eigenvalue weighted by molar-refractivity contribution is 6.01. The van der Waals surface area contributed by atoms with Crippen molar-refractivity contribution in [3.05, 3.63) is 64.0 Å². The Morgan fingerprint density at radius 3 is 2.58 bits per heavy atom. The largest absolute Gasteiger partial charge is 0.353 e. The predicted molar refractivity (Wildman–Crippen MR) is 136 cm³/mol. The second-order valence-electron chi connectivity index (χ2n) is 9.43. The van der Waals surface area contributed by atoms with Crippen molar-refractivity contribution in [3.63, 3.8) is 0 Å². The fourth-order valence-corrected chi connectivity index (χ4v) is 4.83. The molecule has 0 saturated carbocycles. The van der Waals surface area contributed by atoms with Crippen LogP contribution < -0.4 is 15.5 Å². The summed E-state index contributed by atoms with van der Waals surface area (Å²) in [5.41, 5.74) is 5.17. The van der Waals surface area contributed by atoms with Crippen molar-refractivity contribution < 1.29 is 18.8 Å². The summed E-state index contributed by atoms with van der Waals surface area (Å²) in [6, 6.07) is 8.51. The second kappa shape index (κ2) is 11.2. The van der Waals surface area contributed by atoms with E-state index in [1.807, 2.05) is 31.0 Å². The minimum absolute atomic E-state index is 0.00803. The van der Waals surface area contributed by atoms with Crippen LogP contribution in [0.4, 0.5) is 10.1 Å². The summed E-state index contributed by atoms with van der Waals surface area (Å²) in [6.45, 7) is 6.86. The SMILES string of the molecule is CCNCCNC(=O)CN(CC(=O)N(C)N1Cc2ccc(F)cc2C1)c1cc2c(cc1C)C(=O)CC2. The molecule has 2 N–H and O–H groups in total. The molecule has 2 aromatic carbocycles. The quantitative estimate of drug-likeness (QED) is 0.492. The summed E-state index contributed by atoms with van der Waals surface area (Å²) in [5, 5.41) is 9.50. The molecule has 2 amide bonds. The van der Waals surface area contributed by atoms with E-state index in [0.29, 0.717) is 39.0 Å². The van der Waals surface area contributed by atoms with Crippen molar-refractivity contribution >= 4 is 23.3 Å². The van der Waals surface area contributed by atoms with Gasteiger partial charge in [0, 0.05) is 50.9 Å². The van der Waals surface area contributed by atoms with Gasteiger partial charge in [0.05, 0.1) is 13.1 Å². The first-order valence-electron chi connectivity index (χ1n) is 12.4. The number of likely N-dealkylation sites (N-methyl/N-ethyl adjacent to an activating group) is 2. The van der Waals surface area contributed by atoms with Gasteiger partial charge in [-0.1, -0.05) is 13.0 Å². The maximum Gasteiger partial charge on any atom is 0.256 e. The zero-order chi connectivity index (χ0) is 25.8. The van der Waals surface area contributed by atoms with E-state index in [4.69, 9.17) is 0 Å². The number of nitrogens with zero attached hydrogens (tertiary/aromatic N) is 3. The number of fused-ring (bicyclic) bond motifs is 2. The molecule has 36 heavy (non-hydrogen) atoms. The number of aryl methyl sites for hydroxylation is 2. The number of hydrogen-bond acceptors (Lipinski definition) is 6. The summed E-state index contributed by atoms with van der Waals surface area (Å²) in [4.78, 5) is 40.1. The van der Waals surface area contributed by atoms with Gasteiger partial charge in [0.25, 0.3) is 5.91 Å². The molecule has 8 nitrogen and oxygen atoms in total. The van der Waals surface area contributed by atoms with Crippen molar-refractivity contribution in [1.82, 2.24) is 20.7 Å². The van der Waals surface area contributed by atoms with Crippen LogP contribution in [-0.2, 0) is 29.1 Å². The third-order valence-corrected chi connectivity index (χ3v) is 6.88. The molecule has 9 heteroatoms. The summed E-state index contributed by atoms with van der Waals surface area (Å²) in [5.74, 6) is -0.516. The number of anilines is 1. The minimum atomic E-state index is -0.290. The zero-order valence-electron chi connectivity index (χ0n) is 21.2. The number of rotatable bonds is 10. The smallest absolute Gasteiger partial charge is 0.256 e. The zero-order valence-corrected chi connectivity index (χ0v) is 21.2. The number of ketones is 1. The number of Topliss-reactive ketones (excluding diaryl/α,β-unsaturated/α-hetero) is 1. The van der Waals surface area contributed by atoms with Crippen molar-refractivity contribution in [2.24, 2.45) is 0 Å². The van der Waals surface area contributed by atoms with Crippen LogP contribution in [0.15, 0.2) is 30.3 Å². The standard InChI is InChI=1S/C27H34FN5O3/c1-4-29-9-10-30-26(35)16-32(24-13-19-6-8-25(34)23(19)11-18(24)2)17-27(36)31(3)33-14-20-5-7-22(28)12-21(20)15-33/h5,7,11-13,29H,4,6,8-10,14-17H2,1-3H3,(H,30,35). The Labute approximate surface area is 211 Å². The molecule has 0 bridgehead atoms. The molecule has 4 rings (SSSR count). The summed E-state index contributed by atoms with van der Waals surface area (Å²) in [6.07, 6.45) is 1.15. The highest BCUT2D eigenvalue weighted by Crippen LogP contribution is 2.31. The van der Waals surface area contributed by atoms with Gasteiger partial charge in [-0.3, -0.25) is 19.4 Å². The van der Waals surface area contributed by atoms with Crippen molar-refractivity contribution in [2.75, 3.05) is 44.7 Å². The Balaban J connectivity index is 1.50. The molecule has 2 aromatic rings. The predicted octanol–water partition coefficient (Wildman–Crippen LogP) is 2.18. The molecule has 0 spiro atoms. The molecular weight excluding hydrogens is 461 g/mol. The summed E-state index contributed by atoms with van der Waals surface area (Å²) in [7, 11) is 1.70. The fraction of sp³-hybridized carbons (Fsp3) is 0.444. The minimum Gasteiger partial charge on any atom is -0.353 e. The molecule has 2 aliphatic rings. The van der Waals surface area contributed by atoms with Gasteiger partial charge in [-0.2, -0.15) is 0 Å². The Hall–Kier alpha value is -3.30. The lowest BCUT2D eigenvalue weighted by Gasteiger charge is -2.32. The highest BCUT2D eigenvalue weighted by Gasteiger charge is 2.28. The van der Waals surface area contributed by atoms with Gasteiger partial charge in [0.2, 0.25) is 5.91 Å². The Bertz CT molecular complexity index is 1170. The number of carbonyl (C=O) groups is 3. The van der Waals surface area contributed by atoms with Crippen molar-refractivity contribution in [3.8, 4) is 0 Å². The molecule has 0 atom stereocenters. The van der Waals surface area contributed by atoms with E-state index in [2.05, 4.69) is 10.6 Å². The lowest BCUT2D eigenvalue weighted by molar-refractivity contribution is -0.145. The van der Waals surface area contributed by atoms with Crippen LogP contribution in [0, 0.1) is 12.7 Å². The molecule has 1 aliphatic carbocycles. The molecule has 0 radical (unpaired) electrons. The Morgan fingerprint density at radius 2 is 1.81 bits per heavy atom. The van der Waals surface area contributed by atoms with Crippen LogP contribution in [0.3, 0.4) is 0 Å². The maximum atomic E-state index is 13.6. The first kappa shape index (κ1) is 25.8. The van der Waals surface area contributed by atoms with E-state index in [0.717, 1.165) is 40.0 Å². The molecule has 0 fully saturated rings. The van der Waals surface area contributed by atoms with Crippen LogP contribution >= 0.6 is 0 Å². The van der Waals surface area contributed by atoms with Crippen molar-refractivity contribution in [1.29, 1.82) is 0 Å². The van der Waals surface area contributed by atoms with E-state index in [-0.39, 0.29) is 36.5 Å². The van der Waals surface area contributed by atoms with E-state index in [1.165, 1.54) is 12.1 Å². The number of carbonyl (C=O) groups excluding carboxylic acids is 3. The average molecular weight is 496 g/mol. The normalized spacial score (nSPS) is 14.5. The van der Waals surface area contributed by atoms with Crippen LogP contribution in [0.5, 0.6) is 0 Å². The van der Waals surface area contributed by atoms with E-state index in [1.54, 1.807) is 23.0 Å². The monoisotopic (exact) mass is 495 g/mol. The fourth-order valence-electron chi connectivity index (χ4n) is 4.83. The highest BCUT2D eigenvalue weighted by atomic mass is 19.1. The summed E-state index contributed by atoms with van der Waals surface area (Å²) < 4.78 is 13.6. The molecular formula is C27H34FN5O3. The molecule has 0 aromatic heterocycles. The van der Waals surface area contributed by atoms with Crippen LogP contribution in [0.25, 0.3) is 0 Å². The molecule has 0 saturated heterocycles. The van der Waals surface area contributed by atoms with E-state index in [9.17, 15) is 18.8 Å². The van der Waals surface area contributed by atoms with Gasteiger partial charge < -0.3 is 15.5 Å². The molecule has 192 valence electrons. The first-order valence-corrected chi connectivity index (χ1v) is 12.4. The number of hydrazine groups is 1. The lowest BCUT2D eigenvalue weighted by atomic mass is 10.0. The number of nitrogens with one attached hydrogen (secondary N) is 2. The summed E-state index contributed by atoms with van der Waals surface area (Å²) >= 11 is 0. The second-order valence-corrected chi connectivity index (χ2v) is 9.43. The van der Waals surface area contributed by atoms with Gasteiger partial charge in [0.1, 0.15) is 5.82 Å². The van der Waals surface area contributed by atoms with Gasteiger partial charge in [-0.05, 0) is 66.4 Å². The molecule has 1 heterocycles. The van der Waals surface area contributed by atoms with Gasteiger partial charge in [-0.15, -0.1) is 0 Å². The Morgan fingerprint density at radius 1 is 1.03 bits per heavy atom. The topological polar surface area (TPSA) is 85.0 Å². The third kappa shape index (κ3) is 5.74. The van der Waals surface area contributed by atoms with Crippen molar-refractivity contribution in [2.45, 2.75) is 39.8 Å².